The molecule has 1 heterocycles. The number of rotatable bonds is 7. The van der Waals surface area contributed by atoms with Gasteiger partial charge in [-0.1, -0.05) is 42.5 Å². The Morgan fingerprint density at radius 1 is 1.11 bits per heavy atom. The van der Waals surface area contributed by atoms with Gasteiger partial charge in [-0.3, -0.25) is 9.69 Å². The highest BCUT2D eigenvalue weighted by Gasteiger charge is 2.35. The average molecular weight is 368 g/mol. The van der Waals surface area contributed by atoms with Crippen LogP contribution in [0.5, 0.6) is 5.75 Å². The number of nitrogens with zero attached hydrogens (tertiary/aromatic N) is 1. The van der Waals surface area contributed by atoms with Crippen LogP contribution in [0.3, 0.4) is 0 Å². The molecule has 2 aromatic rings. The van der Waals surface area contributed by atoms with Crippen molar-refractivity contribution in [3.63, 3.8) is 0 Å². The van der Waals surface area contributed by atoms with Gasteiger partial charge in [0.05, 0.1) is 17.7 Å². The number of methoxy groups -OCH3 is 1. The minimum atomic E-state index is -0.128. The Kier molecular flexibility index (Phi) is 6.48. The highest BCUT2D eigenvalue weighted by molar-refractivity contribution is 5.97. The SMILES string of the molecule is CO[C@@H]1CN(C(C)C)C[C@H]1NC(=O)c1ccccc1OCc1ccccc1. The van der Waals surface area contributed by atoms with Crippen LogP contribution < -0.4 is 10.1 Å². The first-order chi connectivity index (χ1) is 13.1. The van der Waals surface area contributed by atoms with Gasteiger partial charge in [0.15, 0.2) is 0 Å². The molecule has 2 atom stereocenters. The number of carbonyl (C=O) groups is 1. The summed E-state index contributed by atoms with van der Waals surface area (Å²) in [7, 11) is 1.70. The predicted molar refractivity (Wildman–Crippen MR) is 106 cm³/mol. The number of amides is 1. The Morgan fingerprint density at radius 2 is 1.81 bits per heavy atom. The summed E-state index contributed by atoms with van der Waals surface area (Å²) in [6, 6.07) is 17.7. The first kappa shape index (κ1) is 19.4. The number of nitrogens with one attached hydrogen (secondary N) is 1. The second-order valence-electron chi connectivity index (χ2n) is 7.17. The third kappa shape index (κ3) is 4.87. The van der Waals surface area contributed by atoms with Crippen LogP contribution >= 0.6 is 0 Å². The lowest BCUT2D eigenvalue weighted by Crippen LogP contribution is -2.43. The first-order valence-electron chi connectivity index (χ1n) is 9.42. The molecule has 5 nitrogen and oxygen atoms in total. The fraction of sp³-hybridized carbons (Fsp3) is 0.409. The molecule has 0 aromatic heterocycles. The van der Waals surface area contributed by atoms with Crippen molar-refractivity contribution < 1.29 is 14.3 Å². The van der Waals surface area contributed by atoms with E-state index in [1.165, 1.54) is 0 Å². The highest BCUT2D eigenvalue weighted by atomic mass is 16.5. The van der Waals surface area contributed by atoms with Crippen molar-refractivity contribution in [2.24, 2.45) is 0 Å². The summed E-state index contributed by atoms with van der Waals surface area (Å²) in [5, 5.41) is 3.13. The topological polar surface area (TPSA) is 50.8 Å². The Labute approximate surface area is 161 Å². The maximum atomic E-state index is 12.9. The molecule has 0 unspecified atom stereocenters. The molecule has 1 saturated heterocycles. The zero-order valence-corrected chi connectivity index (χ0v) is 16.2. The number of likely N-dealkylation sites (tertiary alicyclic amines) is 1. The number of hydrogen-bond donors (Lipinski definition) is 1. The monoisotopic (exact) mass is 368 g/mol. The number of carbonyl (C=O) groups excluding carboxylic acids is 1. The van der Waals surface area contributed by atoms with Crippen LogP contribution in [0.4, 0.5) is 0 Å². The van der Waals surface area contributed by atoms with Crippen molar-refractivity contribution in [3.8, 4) is 5.75 Å². The number of hydrogen-bond acceptors (Lipinski definition) is 4. The Bertz CT molecular complexity index is 748. The molecule has 0 spiro atoms. The highest BCUT2D eigenvalue weighted by Crippen LogP contribution is 2.21. The van der Waals surface area contributed by atoms with Crippen LogP contribution in [0.1, 0.15) is 29.8 Å². The predicted octanol–water partition coefficient (Wildman–Crippen LogP) is 3.10. The van der Waals surface area contributed by atoms with E-state index >= 15 is 0 Å². The molecular weight excluding hydrogens is 340 g/mol. The van der Waals surface area contributed by atoms with E-state index in [0.717, 1.165) is 18.7 Å². The molecule has 1 aliphatic heterocycles. The van der Waals surface area contributed by atoms with Crippen molar-refractivity contribution in [2.45, 2.75) is 38.6 Å². The zero-order valence-electron chi connectivity index (χ0n) is 16.2. The van der Waals surface area contributed by atoms with E-state index < -0.39 is 0 Å². The minimum absolute atomic E-state index is 0.00579. The molecule has 1 aliphatic rings. The van der Waals surface area contributed by atoms with E-state index in [1.54, 1.807) is 13.2 Å². The molecule has 0 radical (unpaired) electrons. The normalized spacial score (nSPS) is 20.0. The lowest BCUT2D eigenvalue weighted by atomic mass is 10.1. The van der Waals surface area contributed by atoms with Crippen LogP contribution in [0.15, 0.2) is 54.6 Å². The maximum Gasteiger partial charge on any atom is 0.255 e. The molecule has 3 rings (SSSR count). The summed E-state index contributed by atoms with van der Waals surface area (Å²) < 4.78 is 11.5. The van der Waals surface area contributed by atoms with Gasteiger partial charge in [0, 0.05) is 26.2 Å². The van der Waals surface area contributed by atoms with E-state index in [9.17, 15) is 4.79 Å². The Balaban J connectivity index is 1.68. The summed E-state index contributed by atoms with van der Waals surface area (Å²) >= 11 is 0. The van der Waals surface area contributed by atoms with Gasteiger partial charge in [-0.15, -0.1) is 0 Å². The largest absolute Gasteiger partial charge is 0.488 e. The zero-order chi connectivity index (χ0) is 19.2. The maximum absolute atomic E-state index is 12.9. The van der Waals surface area contributed by atoms with Crippen LogP contribution in [0.25, 0.3) is 0 Å². The number of para-hydroxylation sites is 1. The van der Waals surface area contributed by atoms with Crippen molar-refractivity contribution in [1.29, 1.82) is 0 Å². The summed E-state index contributed by atoms with van der Waals surface area (Å²) in [6.45, 7) is 6.35. The Morgan fingerprint density at radius 3 is 2.52 bits per heavy atom. The van der Waals surface area contributed by atoms with E-state index in [2.05, 4.69) is 24.1 Å². The summed E-state index contributed by atoms with van der Waals surface area (Å²) in [5.74, 6) is 0.461. The van der Waals surface area contributed by atoms with E-state index in [0.29, 0.717) is 24.0 Å². The first-order valence-corrected chi connectivity index (χ1v) is 9.42. The van der Waals surface area contributed by atoms with Crippen molar-refractivity contribution in [1.82, 2.24) is 10.2 Å². The number of benzene rings is 2. The fourth-order valence-corrected chi connectivity index (χ4v) is 3.36. The lowest BCUT2D eigenvalue weighted by molar-refractivity contribution is 0.0750. The molecule has 27 heavy (non-hydrogen) atoms. The molecule has 0 saturated carbocycles. The quantitative estimate of drug-likeness (QED) is 0.816. The number of ether oxygens (including phenoxy) is 2. The summed E-state index contributed by atoms with van der Waals surface area (Å²) in [6.07, 6.45) is -0.00579. The summed E-state index contributed by atoms with van der Waals surface area (Å²) in [5.41, 5.74) is 1.61. The smallest absolute Gasteiger partial charge is 0.255 e. The molecule has 2 aromatic carbocycles. The van der Waals surface area contributed by atoms with Gasteiger partial charge in [-0.2, -0.15) is 0 Å². The van der Waals surface area contributed by atoms with Gasteiger partial charge in [-0.25, -0.2) is 0 Å². The van der Waals surface area contributed by atoms with Crippen molar-refractivity contribution in [3.05, 3.63) is 65.7 Å². The second-order valence-corrected chi connectivity index (χ2v) is 7.17. The van der Waals surface area contributed by atoms with E-state index in [4.69, 9.17) is 9.47 Å². The van der Waals surface area contributed by atoms with Crippen LogP contribution in [-0.4, -0.2) is 49.2 Å². The van der Waals surface area contributed by atoms with E-state index in [-0.39, 0.29) is 18.1 Å². The molecule has 1 N–H and O–H groups in total. The molecule has 144 valence electrons. The third-order valence-corrected chi connectivity index (χ3v) is 5.01. The van der Waals surface area contributed by atoms with Gasteiger partial charge in [0.2, 0.25) is 0 Å². The molecule has 1 amide bonds. The van der Waals surface area contributed by atoms with Crippen molar-refractivity contribution >= 4 is 5.91 Å². The van der Waals surface area contributed by atoms with Crippen molar-refractivity contribution in [2.75, 3.05) is 20.2 Å². The van der Waals surface area contributed by atoms with Gasteiger partial charge < -0.3 is 14.8 Å². The van der Waals surface area contributed by atoms with Gasteiger partial charge in [0.25, 0.3) is 5.91 Å². The van der Waals surface area contributed by atoms with Crippen LogP contribution in [0.2, 0.25) is 0 Å². The molecule has 1 fully saturated rings. The third-order valence-electron chi connectivity index (χ3n) is 5.01. The molecule has 0 bridgehead atoms. The van der Waals surface area contributed by atoms with Gasteiger partial charge >= 0.3 is 0 Å². The average Bonchev–Trinajstić information content (AvgIpc) is 3.10. The van der Waals surface area contributed by atoms with Gasteiger partial charge in [-0.05, 0) is 31.5 Å². The van der Waals surface area contributed by atoms with Crippen LogP contribution in [0, 0.1) is 0 Å². The van der Waals surface area contributed by atoms with E-state index in [1.807, 2.05) is 48.5 Å². The second kappa shape index (κ2) is 9.02. The molecular formula is C22H28N2O3. The molecule has 5 heteroatoms. The fourth-order valence-electron chi connectivity index (χ4n) is 3.36. The lowest BCUT2D eigenvalue weighted by Gasteiger charge is -2.20. The van der Waals surface area contributed by atoms with Gasteiger partial charge in [0.1, 0.15) is 12.4 Å². The Hall–Kier alpha value is -2.37. The summed E-state index contributed by atoms with van der Waals surface area (Å²) in [4.78, 5) is 15.2. The molecule has 0 aliphatic carbocycles. The standard InChI is InChI=1S/C22H28N2O3/c1-16(2)24-13-19(21(14-24)26-3)23-22(25)18-11-7-8-12-20(18)27-15-17-9-5-4-6-10-17/h4-12,16,19,21H,13-15H2,1-3H3,(H,23,25)/t19-,21-/m1/s1. The van der Waals surface area contributed by atoms with Crippen LogP contribution in [-0.2, 0) is 11.3 Å². The minimum Gasteiger partial charge on any atom is -0.488 e.